The number of para-hydroxylation sites is 1. The quantitative estimate of drug-likeness (QED) is 0.390. The Morgan fingerprint density at radius 2 is 1.62 bits per heavy atom. The molecule has 2 heterocycles. The van der Waals surface area contributed by atoms with Crippen LogP contribution in [-0.4, -0.2) is 9.97 Å². The Kier molecular flexibility index (Phi) is 2.03. The third kappa shape index (κ3) is 1.42. The molecule has 0 spiro atoms. The van der Waals surface area contributed by atoms with Crippen LogP contribution in [0.15, 0.2) is 60.9 Å². The molecule has 0 bridgehead atoms. The van der Waals surface area contributed by atoms with Crippen LogP contribution in [0, 0.1) is 0 Å². The molecule has 0 saturated heterocycles. The van der Waals surface area contributed by atoms with Gasteiger partial charge in [-0.3, -0.25) is 9.97 Å². The SMILES string of the molecule is c1ccc2c(c1)Cc1nc3ccccc3c3cncc-2c13. The summed E-state index contributed by atoms with van der Waals surface area (Å²) in [5, 5.41) is 3.66. The molecule has 98 valence electrons. The van der Waals surface area contributed by atoms with Gasteiger partial charge in [0.05, 0.1) is 11.2 Å². The summed E-state index contributed by atoms with van der Waals surface area (Å²) in [5.74, 6) is 0. The van der Waals surface area contributed by atoms with Gasteiger partial charge in [-0.2, -0.15) is 0 Å². The Morgan fingerprint density at radius 1 is 0.762 bits per heavy atom. The van der Waals surface area contributed by atoms with Crippen LogP contribution in [-0.2, 0) is 6.42 Å². The van der Waals surface area contributed by atoms with Gasteiger partial charge in [-0.25, -0.2) is 0 Å². The number of pyridine rings is 2. The van der Waals surface area contributed by atoms with E-state index < -0.39 is 0 Å². The molecule has 0 amide bonds. The van der Waals surface area contributed by atoms with E-state index in [1.54, 1.807) is 0 Å². The van der Waals surface area contributed by atoms with Crippen LogP contribution in [0.2, 0.25) is 0 Å². The van der Waals surface area contributed by atoms with Gasteiger partial charge < -0.3 is 0 Å². The minimum Gasteiger partial charge on any atom is -0.263 e. The van der Waals surface area contributed by atoms with Crippen LogP contribution < -0.4 is 0 Å². The number of benzene rings is 2. The van der Waals surface area contributed by atoms with E-state index in [9.17, 15) is 0 Å². The van der Waals surface area contributed by atoms with Crippen LogP contribution in [0.5, 0.6) is 0 Å². The molecule has 0 fully saturated rings. The highest BCUT2D eigenvalue weighted by Crippen LogP contribution is 2.39. The fourth-order valence-corrected chi connectivity index (χ4v) is 3.43. The summed E-state index contributed by atoms with van der Waals surface area (Å²) in [7, 11) is 0. The lowest BCUT2D eigenvalue weighted by Gasteiger charge is -2.20. The lowest BCUT2D eigenvalue weighted by molar-refractivity contribution is 1.11. The van der Waals surface area contributed by atoms with Crippen molar-refractivity contribution in [2.75, 3.05) is 0 Å². The van der Waals surface area contributed by atoms with Gasteiger partial charge in [0.1, 0.15) is 0 Å². The molecular weight excluding hydrogens is 256 g/mol. The fraction of sp³-hybridized carbons (Fsp3) is 0.0526. The second kappa shape index (κ2) is 3.89. The Morgan fingerprint density at radius 3 is 2.62 bits per heavy atom. The molecule has 0 N–H and O–H groups in total. The van der Waals surface area contributed by atoms with Gasteiger partial charge in [0.2, 0.25) is 0 Å². The fourth-order valence-electron chi connectivity index (χ4n) is 3.43. The zero-order valence-corrected chi connectivity index (χ0v) is 11.4. The number of nitrogens with zero attached hydrogens (tertiary/aromatic N) is 2. The Balaban J connectivity index is 2.04. The molecule has 0 atom stereocenters. The highest BCUT2D eigenvalue weighted by Gasteiger charge is 2.20. The maximum absolute atomic E-state index is 4.91. The average Bonchev–Trinajstić information content (AvgIpc) is 2.55. The zero-order chi connectivity index (χ0) is 13.8. The van der Waals surface area contributed by atoms with E-state index >= 15 is 0 Å². The molecule has 2 heteroatoms. The minimum atomic E-state index is 0.897. The predicted molar refractivity (Wildman–Crippen MR) is 85.3 cm³/mol. The van der Waals surface area contributed by atoms with Crippen molar-refractivity contribution < 1.29 is 0 Å². The molecule has 2 aromatic carbocycles. The molecule has 4 aromatic rings. The van der Waals surface area contributed by atoms with Crippen molar-refractivity contribution in [3.63, 3.8) is 0 Å². The van der Waals surface area contributed by atoms with Crippen molar-refractivity contribution in [2.45, 2.75) is 6.42 Å². The number of hydrogen-bond donors (Lipinski definition) is 0. The molecule has 0 radical (unpaired) electrons. The predicted octanol–water partition coefficient (Wildman–Crippen LogP) is 4.35. The summed E-state index contributed by atoms with van der Waals surface area (Å²) >= 11 is 0. The molecule has 0 unspecified atom stereocenters. The molecule has 5 rings (SSSR count). The van der Waals surface area contributed by atoms with E-state index in [0.29, 0.717) is 0 Å². The normalized spacial score (nSPS) is 12.6. The third-order valence-electron chi connectivity index (χ3n) is 4.35. The number of fused-ring (bicyclic) bond motifs is 4. The lowest BCUT2D eigenvalue weighted by atomic mass is 9.87. The number of rotatable bonds is 0. The van der Waals surface area contributed by atoms with E-state index in [0.717, 1.165) is 11.9 Å². The molecule has 2 nitrogen and oxygen atoms in total. The van der Waals surface area contributed by atoms with Gasteiger partial charge in [-0.15, -0.1) is 0 Å². The molecule has 1 aliphatic rings. The second-order valence-electron chi connectivity index (χ2n) is 5.52. The third-order valence-corrected chi connectivity index (χ3v) is 4.35. The van der Waals surface area contributed by atoms with Crippen LogP contribution in [0.4, 0.5) is 0 Å². The summed E-state index contributed by atoms with van der Waals surface area (Å²) in [6.45, 7) is 0. The van der Waals surface area contributed by atoms with Crippen molar-refractivity contribution in [1.82, 2.24) is 9.97 Å². The Labute approximate surface area is 122 Å². The molecule has 1 aliphatic carbocycles. The van der Waals surface area contributed by atoms with E-state index in [-0.39, 0.29) is 0 Å². The smallest absolute Gasteiger partial charge is 0.0712 e. The Hall–Kier alpha value is -2.74. The van der Waals surface area contributed by atoms with E-state index in [1.807, 2.05) is 18.5 Å². The summed E-state index contributed by atoms with van der Waals surface area (Å²) in [6, 6.07) is 16.9. The largest absolute Gasteiger partial charge is 0.263 e. The maximum Gasteiger partial charge on any atom is 0.0712 e. The van der Waals surface area contributed by atoms with Crippen molar-refractivity contribution in [1.29, 1.82) is 0 Å². The minimum absolute atomic E-state index is 0.897. The lowest BCUT2D eigenvalue weighted by Crippen LogP contribution is -2.04. The van der Waals surface area contributed by atoms with Crippen LogP contribution in [0.25, 0.3) is 32.8 Å². The highest BCUT2D eigenvalue weighted by molar-refractivity contribution is 6.12. The first-order chi connectivity index (χ1) is 10.4. The zero-order valence-electron chi connectivity index (χ0n) is 11.4. The van der Waals surface area contributed by atoms with Crippen LogP contribution in [0.3, 0.4) is 0 Å². The number of aromatic nitrogens is 2. The summed E-state index contributed by atoms with van der Waals surface area (Å²) in [6.07, 6.45) is 4.84. The summed E-state index contributed by atoms with van der Waals surface area (Å²) in [4.78, 5) is 9.38. The van der Waals surface area contributed by atoms with Gasteiger partial charge in [0.15, 0.2) is 0 Å². The topological polar surface area (TPSA) is 25.8 Å². The van der Waals surface area contributed by atoms with Crippen molar-refractivity contribution in [2.24, 2.45) is 0 Å². The van der Waals surface area contributed by atoms with Gasteiger partial charge in [0.25, 0.3) is 0 Å². The summed E-state index contributed by atoms with van der Waals surface area (Å²) in [5.41, 5.74) is 6.06. The first-order valence-corrected chi connectivity index (χ1v) is 7.15. The number of hydrogen-bond acceptors (Lipinski definition) is 2. The van der Waals surface area contributed by atoms with Crippen LogP contribution >= 0.6 is 0 Å². The molecule has 0 aliphatic heterocycles. The van der Waals surface area contributed by atoms with E-state index in [2.05, 4.69) is 47.4 Å². The van der Waals surface area contributed by atoms with Crippen molar-refractivity contribution >= 4 is 21.7 Å². The summed E-state index contributed by atoms with van der Waals surface area (Å²) < 4.78 is 0. The maximum atomic E-state index is 4.91. The first kappa shape index (κ1) is 11.0. The van der Waals surface area contributed by atoms with Gasteiger partial charge in [-0.05, 0) is 17.2 Å². The average molecular weight is 268 g/mol. The van der Waals surface area contributed by atoms with Gasteiger partial charge in [0, 0.05) is 40.5 Å². The van der Waals surface area contributed by atoms with Gasteiger partial charge >= 0.3 is 0 Å². The van der Waals surface area contributed by atoms with E-state index in [1.165, 1.54) is 38.5 Å². The van der Waals surface area contributed by atoms with Crippen LogP contribution in [0.1, 0.15) is 11.3 Å². The van der Waals surface area contributed by atoms with E-state index in [4.69, 9.17) is 4.98 Å². The molecule has 0 saturated carbocycles. The standard InChI is InChI=1S/C19H12N2/c1-2-6-13-12(5-1)9-18-19-15(13)10-20-11-16(19)14-7-3-4-8-17(14)21-18/h1-8,10-11H,9H2. The Bertz CT molecular complexity index is 1020. The second-order valence-corrected chi connectivity index (χ2v) is 5.52. The molecule has 2 aromatic heterocycles. The first-order valence-electron chi connectivity index (χ1n) is 7.15. The molecule has 21 heavy (non-hydrogen) atoms. The van der Waals surface area contributed by atoms with Crippen molar-refractivity contribution in [3.8, 4) is 11.1 Å². The van der Waals surface area contributed by atoms with Gasteiger partial charge in [-0.1, -0.05) is 42.5 Å². The molecular formula is C19H12N2. The highest BCUT2D eigenvalue weighted by atomic mass is 14.7. The van der Waals surface area contributed by atoms with Crippen molar-refractivity contribution in [3.05, 3.63) is 72.2 Å². The monoisotopic (exact) mass is 268 g/mol.